The highest BCUT2D eigenvalue weighted by molar-refractivity contribution is 7.92. The minimum atomic E-state index is -3.91. The van der Waals surface area contributed by atoms with E-state index in [2.05, 4.69) is 17.4 Å². The minimum absolute atomic E-state index is 0.153. The number of carbonyl (C=O) groups is 2. The van der Waals surface area contributed by atoms with Gasteiger partial charge in [0.05, 0.1) is 11.9 Å². The molecule has 0 radical (unpaired) electrons. The number of carbonyl (C=O) groups excluding carboxylic acids is 2. The maximum Gasteiger partial charge on any atom is 0.244 e. The van der Waals surface area contributed by atoms with E-state index < -0.39 is 45.8 Å². The molecule has 48 heavy (non-hydrogen) atoms. The van der Waals surface area contributed by atoms with Crippen molar-refractivity contribution in [2.45, 2.75) is 89.3 Å². The Morgan fingerprint density at radius 3 is 1.98 bits per heavy atom. The summed E-state index contributed by atoms with van der Waals surface area (Å²) in [5, 5.41) is 2.99. The summed E-state index contributed by atoms with van der Waals surface area (Å²) in [4.78, 5) is 29.6. The Labute approximate surface area is 285 Å². The Bertz CT molecular complexity index is 1700. The molecule has 4 fully saturated rings. The first-order valence-corrected chi connectivity index (χ1v) is 19.0. The summed E-state index contributed by atoms with van der Waals surface area (Å²) in [5.74, 6) is 0.827. The number of nitrogens with zero attached hydrogens (tertiary/aromatic N) is 2. The summed E-state index contributed by atoms with van der Waals surface area (Å²) in [6.45, 7) is 4.82. The molecular weight excluding hydrogens is 626 g/mol. The zero-order valence-corrected chi connectivity index (χ0v) is 29.3. The van der Waals surface area contributed by atoms with Crippen molar-refractivity contribution in [3.8, 4) is 0 Å². The molecule has 4 aliphatic rings. The van der Waals surface area contributed by atoms with E-state index in [0.29, 0.717) is 5.69 Å². The van der Waals surface area contributed by atoms with Gasteiger partial charge in [-0.3, -0.25) is 13.9 Å². The average Bonchev–Trinajstić information content (AvgIpc) is 3.01. The number of halogens is 1. The quantitative estimate of drug-likeness (QED) is 0.248. The standard InChI is InChI=1S/C39H48FN3O4S/c1-38(2,3)41-37(45)35(21-27-10-6-5-7-11-27)42(25-31-12-8-9-13-34(31)40)36(44)26-43(48(4,46)47)33-16-14-32(15-17-33)39-22-28-18-29(23-39)20-30(19-28)24-39/h5-17,28-30,35H,18-26H2,1-4H3,(H,41,45)/t28?,29?,30?,35-,39?/m1/s1. The number of anilines is 1. The van der Waals surface area contributed by atoms with Crippen molar-refractivity contribution in [3.63, 3.8) is 0 Å². The SMILES string of the molecule is CC(C)(C)NC(=O)[C@@H](Cc1ccccc1)N(Cc1ccccc1F)C(=O)CN(c1ccc(C23CC4CC(CC(C4)C2)C3)cc1)S(C)(=O)=O. The molecule has 2 amide bonds. The summed E-state index contributed by atoms with van der Waals surface area (Å²) in [6.07, 6.45) is 8.84. The van der Waals surface area contributed by atoms with E-state index >= 15 is 4.39 Å². The van der Waals surface area contributed by atoms with Gasteiger partial charge in [-0.05, 0) is 112 Å². The molecule has 4 saturated carbocycles. The Morgan fingerprint density at radius 2 is 1.44 bits per heavy atom. The Hall–Kier alpha value is -3.72. The van der Waals surface area contributed by atoms with Crippen LogP contribution in [0.3, 0.4) is 0 Å². The van der Waals surface area contributed by atoms with Gasteiger partial charge in [0.1, 0.15) is 18.4 Å². The fourth-order valence-corrected chi connectivity index (χ4v) is 9.73. The monoisotopic (exact) mass is 673 g/mol. The van der Waals surface area contributed by atoms with E-state index in [1.807, 2.05) is 63.2 Å². The lowest BCUT2D eigenvalue weighted by atomic mass is 9.48. The van der Waals surface area contributed by atoms with Crippen LogP contribution in [0.15, 0.2) is 78.9 Å². The number of benzene rings is 3. The number of rotatable bonds is 11. The second-order valence-corrected chi connectivity index (χ2v) is 17.5. The molecule has 0 saturated heterocycles. The van der Waals surface area contributed by atoms with Crippen LogP contribution in [0.25, 0.3) is 0 Å². The van der Waals surface area contributed by atoms with Crippen LogP contribution >= 0.6 is 0 Å². The lowest BCUT2D eigenvalue weighted by Gasteiger charge is -2.57. The zero-order chi connectivity index (χ0) is 34.3. The van der Waals surface area contributed by atoms with Crippen LogP contribution in [0.5, 0.6) is 0 Å². The molecule has 256 valence electrons. The third kappa shape index (κ3) is 7.61. The normalized spacial score (nSPS) is 23.8. The van der Waals surface area contributed by atoms with Crippen LogP contribution in [0, 0.1) is 23.6 Å². The molecule has 0 aromatic heterocycles. The van der Waals surface area contributed by atoms with Crippen molar-refractivity contribution < 1.29 is 22.4 Å². The summed E-state index contributed by atoms with van der Waals surface area (Å²) in [7, 11) is -3.91. The van der Waals surface area contributed by atoms with Crippen LogP contribution in [0.4, 0.5) is 10.1 Å². The molecule has 7 rings (SSSR count). The molecule has 0 heterocycles. The Kier molecular flexibility index (Phi) is 9.46. The highest BCUT2D eigenvalue weighted by atomic mass is 32.2. The molecule has 1 N–H and O–H groups in total. The first-order chi connectivity index (χ1) is 22.7. The number of hydrogen-bond acceptors (Lipinski definition) is 4. The third-order valence-electron chi connectivity index (χ3n) is 10.6. The van der Waals surface area contributed by atoms with Crippen molar-refractivity contribution >= 4 is 27.5 Å². The van der Waals surface area contributed by atoms with Crippen molar-refractivity contribution in [1.29, 1.82) is 0 Å². The van der Waals surface area contributed by atoms with Gasteiger partial charge in [-0.25, -0.2) is 12.8 Å². The molecule has 3 aromatic rings. The van der Waals surface area contributed by atoms with Crippen molar-refractivity contribution in [2.24, 2.45) is 17.8 Å². The maximum absolute atomic E-state index is 15.1. The van der Waals surface area contributed by atoms with Crippen LogP contribution in [-0.4, -0.2) is 49.5 Å². The predicted molar refractivity (Wildman–Crippen MR) is 187 cm³/mol. The van der Waals surface area contributed by atoms with Crippen LogP contribution < -0.4 is 9.62 Å². The smallest absolute Gasteiger partial charge is 0.244 e. The van der Waals surface area contributed by atoms with Crippen molar-refractivity contribution in [1.82, 2.24) is 10.2 Å². The molecule has 3 aromatic carbocycles. The number of nitrogens with one attached hydrogen (secondary N) is 1. The average molecular weight is 674 g/mol. The number of amides is 2. The summed E-state index contributed by atoms with van der Waals surface area (Å²) in [5.41, 5.74) is 2.25. The van der Waals surface area contributed by atoms with Crippen LogP contribution in [0.1, 0.15) is 76.0 Å². The molecule has 0 unspecified atom stereocenters. The summed E-state index contributed by atoms with van der Waals surface area (Å²) >= 11 is 0. The maximum atomic E-state index is 15.1. The van der Waals surface area contributed by atoms with E-state index in [0.717, 1.165) is 33.9 Å². The van der Waals surface area contributed by atoms with Gasteiger partial charge < -0.3 is 10.2 Å². The first-order valence-electron chi connectivity index (χ1n) is 17.2. The van der Waals surface area contributed by atoms with Gasteiger partial charge in [-0.15, -0.1) is 0 Å². The molecule has 0 spiro atoms. The fraction of sp³-hybridized carbons (Fsp3) is 0.487. The zero-order valence-electron chi connectivity index (χ0n) is 28.5. The Balaban J connectivity index is 1.32. The highest BCUT2D eigenvalue weighted by Gasteiger charge is 2.51. The summed E-state index contributed by atoms with van der Waals surface area (Å²) in [6, 6.07) is 22.2. The first kappa shape index (κ1) is 34.2. The van der Waals surface area contributed by atoms with Gasteiger partial charge >= 0.3 is 0 Å². The highest BCUT2D eigenvalue weighted by Crippen LogP contribution is 2.60. The molecule has 1 atom stereocenters. The van der Waals surface area contributed by atoms with Gasteiger partial charge in [-0.2, -0.15) is 0 Å². The van der Waals surface area contributed by atoms with Crippen LogP contribution in [0.2, 0.25) is 0 Å². The van der Waals surface area contributed by atoms with Crippen molar-refractivity contribution in [2.75, 3.05) is 17.1 Å². The lowest BCUT2D eigenvalue weighted by molar-refractivity contribution is -0.140. The molecule has 4 aliphatic carbocycles. The molecule has 4 bridgehead atoms. The number of hydrogen-bond donors (Lipinski definition) is 1. The fourth-order valence-electron chi connectivity index (χ4n) is 8.88. The van der Waals surface area contributed by atoms with Gasteiger partial charge in [0.15, 0.2) is 0 Å². The van der Waals surface area contributed by atoms with Gasteiger partial charge in [-0.1, -0.05) is 60.7 Å². The third-order valence-corrected chi connectivity index (χ3v) is 11.7. The summed E-state index contributed by atoms with van der Waals surface area (Å²) < 4.78 is 42.8. The van der Waals surface area contributed by atoms with Gasteiger partial charge in [0, 0.05) is 24.1 Å². The van der Waals surface area contributed by atoms with Gasteiger partial charge in [0.2, 0.25) is 21.8 Å². The topological polar surface area (TPSA) is 86.8 Å². The second kappa shape index (κ2) is 13.3. The van der Waals surface area contributed by atoms with Crippen molar-refractivity contribution in [3.05, 3.63) is 101 Å². The molecule has 7 nitrogen and oxygen atoms in total. The Morgan fingerprint density at radius 1 is 0.875 bits per heavy atom. The van der Waals surface area contributed by atoms with E-state index in [-0.39, 0.29) is 23.9 Å². The van der Waals surface area contributed by atoms with E-state index in [4.69, 9.17) is 0 Å². The molecule has 0 aliphatic heterocycles. The number of sulfonamides is 1. The van der Waals surface area contributed by atoms with E-state index in [1.165, 1.54) is 55.1 Å². The minimum Gasteiger partial charge on any atom is -0.350 e. The predicted octanol–water partition coefficient (Wildman–Crippen LogP) is 6.61. The lowest BCUT2D eigenvalue weighted by Crippen LogP contribution is -2.56. The molecule has 9 heteroatoms. The van der Waals surface area contributed by atoms with E-state index in [9.17, 15) is 18.0 Å². The second-order valence-electron chi connectivity index (χ2n) is 15.6. The molecular formula is C39H48FN3O4S. The van der Waals surface area contributed by atoms with Crippen LogP contribution in [-0.2, 0) is 38.0 Å². The van der Waals surface area contributed by atoms with E-state index in [1.54, 1.807) is 18.2 Å². The van der Waals surface area contributed by atoms with Gasteiger partial charge in [0.25, 0.3) is 0 Å². The largest absolute Gasteiger partial charge is 0.350 e.